The van der Waals surface area contributed by atoms with Crippen molar-refractivity contribution < 1.29 is 23.6 Å². The number of para-hydroxylation sites is 1. The monoisotopic (exact) mass is 246 g/mol. The van der Waals surface area contributed by atoms with Crippen molar-refractivity contribution in [2.45, 2.75) is 6.05 Å². The summed E-state index contributed by atoms with van der Waals surface area (Å²) in [5.74, 6) is 0. The summed E-state index contributed by atoms with van der Waals surface area (Å²) in [5, 5.41) is 18.8. The number of nitro groups is 1. The molecule has 0 aliphatic heterocycles. The normalized spacial score (nSPS) is 10.9. The van der Waals surface area contributed by atoms with Gasteiger partial charge in [0.05, 0.1) is 4.92 Å². The molecule has 0 heterocycles. The summed E-state index contributed by atoms with van der Waals surface area (Å²) >= 11 is 0. The molecule has 0 aromatic heterocycles. The maximum atomic E-state index is 12.8. The first-order valence-corrected chi connectivity index (χ1v) is 4.42. The summed E-state index contributed by atoms with van der Waals surface area (Å²) in [7, 11) is 0. The summed E-state index contributed by atoms with van der Waals surface area (Å²) < 4.78 is 25.7. The molecule has 0 spiro atoms. The third kappa shape index (κ3) is 3.10. The Morgan fingerprint density at radius 3 is 2.35 bits per heavy atom. The minimum absolute atomic E-state index is 0.0541. The van der Waals surface area contributed by atoms with Gasteiger partial charge >= 0.3 is 12.1 Å². The Labute approximate surface area is 94.2 Å². The smallest absolute Gasteiger partial charge is 0.465 e. The van der Waals surface area contributed by atoms with Crippen molar-refractivity contribution in [3.05, 3.63) is 40.4 Å². The van der Waals surface area contributed by atoms with E-state index in [1.807, 2.05) is 0 Å². The second kappa shape index (κ2) is 4.73. The average molecular weight is 246 g/mol. The number of hydrogen-bond acceptors (Lipinski definition) is 3. The third-order valence-electron chi connectivity index (χ3n) is 1.91. The second-order valence-corrected chi connectivity index (χ2v) is 3.13. The van der Waals surface area contributed by atoms with Crippen molar-refractivity contribution >= 4 is 11.8 Å². The highest BCUT2D eigenvalue weighted by Crippen LogP contribution is 2.21. The highest BCUT2D eigenvalue weighted by atomic mass is 19.3. The summed E-state index contributed by atoms with van der Waals surface area (Å²) in [6.07, 6.45) is -1.68. The number of amides is 1. The van der Waals surface area contributed by atoms with Crippen LogP contribution < -0.4 is 4.90 Å². The molecule has 0 unspecified atom stereocenters. The molecule has 0 fully saturated rings. The van der Waals surface area contributed by atoms with Gasteiger partial charge in [0.2, 0.25) is 0 Å². The fourth-order valence-electron chi connectivity index (χ4n) is 1.13. The molecule has 1 N–H and O–H groups in total. The number of carbonyl (C=O) groups is 1. The van der Waals surface area contributed by atoms with Gasteiger partial charge in [0.15, 0.2) is 6.54 Å². The Kier molecular flexibility index (Phi) is 3.56. The van der Waals surface area contributed by atoms with Gasteiger partial charge in [-0.15, -0.1) is 8.78 Å². The standard InChI is InChI=1S/C9H8F2N2O4/c10-9(11,13(16)17)6-12(8(14)15)7-4-2-1-3-5-7/h1-5H,6H2,(H,14,15). The van der Waals surface area contributed by atoms with Crippen molar-refractivity contribution in [2.75, 3.05) is 11.4 Å². The van der Waals surface area contributed by atoms with E-state index >= 15 is 0 Å². The minimum Gasteiger partial charge on any atom is -0.465 e. The highest BCUT2D eigenvalue weighted by Gasteiger charge is 2.47. The molecule has 0 saturated carbocycles. The zero-order valence-corrected chi connectivity index (χ0v) is 8.42. The molecular formula is C9H8F2N2O4. The lowest BCUT2D eigenvalue weighted by Crippen LogP contribution is -2.44. The van der Waals surface area contributed by atoms with E-state index in [0.29, 0.717) is 0 Å². The van der Waals surface area contributed by atoms with E-state index in [1.54, 1.807) is 6.07 Å². The Bertz CT molecular complexity index is 424. The van der Waals surface area contributed by atoms with Crippen LogP contribution in [0.25, 0.3) is 0 Å². The zero-order chi connectivity index (χ0) is 13.1. The predicted octanol–water partition coefficient (Wildman–Crippen LogP) is 2.04. The fourth-order valence-corrected chi connectivity index (χ4v) is 1.13. The maximum absolute atomic E-state index is 12.8. The van der Waals surface area contributed by atoms with Crippen molar-refractivity contribution in [3.63, 3.8) is 0 Å². The van der Waals surface area contributed by atoms with Crippen LogP contribution in [-0.4, -0.2) is 28.7 Å². The molecule has 1 amide bonds. The van der Waals surface area contributed by atoms with Crippen LogP contribution in [-0.2, 0) is 0 Å². The molecule has 1 aromatic rings. The maximum Gasteiger partial charge on any atom is 0.528 e. The van der Waals surface area contributed by atoms with Gasteiger partial charge in [0, 0.05) is 5.69 Å². The van der Waals surface area contributed by atoms with Crippen LogP contribution in [0, 0.1) is 10.1 Å². The first-order chi connectivity index (χ1) is 7.84. The van der Waals surface area contributed by atoms with Crippen LogP contribution in [0.5, 0.6) is 0 Å². The minimum atomic E-state index is -4.33. The number of carboxylic acid groups (broad SMARTS) is 1. The molecule has 6 nitrogen and oxygen atoms in total. The third-order valence-corrected chi connectivity index (χ3v) is 1.91. The van der Waals surface area contributed by atoms with E-state index < -0.39 is 23.6 Å². The molecule has 0 radical (unpaired) electrons. The average Bonchev–Trinajstić information content (AvgIpc) is 2.26. The Morgan fingerprint density at radius 1 is 1.41 bits per heavy atom. The van der Waals surface area contributed by atoms with Gasteiger partial charge in [0.25, 0.3) is 0 Å². The molecule has 17 heavy (non-hydrogen) atoms. The lowest BCUT2D eigenvalue weighted by molar-refractivity contribution is -0.639. The molecule has 0 atom stereocenters. The molecule has 0 aliphatic carbocycles. The van der Waals surface area contributed by atoms with Gasteiger partial charge in [-0.2, -0.15) is 0 Å². The van der Waals surface area contributed by atoms with Gasteiger partial charge in [-0.05, 0) is 12.1 Å². The highest BCUT2D eigenvalue weighted by molar-refractivity contribution is 5.85. The SMILES string of the molecule is O=C(O)N(CC(F)(F)[N+](=O)[O-])c1ccccc1. The topological polar surface area (TPSA) is 83.7 Å². The molecule has 1 aromatic carbocycles. The largest absolute Gasteiger partial charge is 0.528 e. The van der Waals surface area contributed by atoms with Crippen molar-refractivity contribution in [1.82, 2.24) is 0 Å². The van der Waals surface area contributed by atoms with Crippen LogP contribution in [0.2, 0.25) is 0 Å². The number of hydrogen-bond donors (Lipinski definition) is 1. The predicted molar refractivity (Wildman–Crippen MR) is 53.8 cm³/mol. The van der Waals surface area contributed by atoms with Gasteiger partial charge in [-0.3, -0.25) is 15.0 Å². The van der Waals surface area contributed by atoms with Crippen molar-refractivity contribution in [3.8, 4) is 0 Å². The fraction of sp³-hybridized carbons (Fsp3) is 0.222. The molecule has 0 aliphatic rings. The molecule has 92 valence electrons. The van der Waals surface area contributed by atoms with Crippen LogP contribution >= 0.6 is 0 Å². The van der Waals surface area contributed by atoms with E-state index in [9.17, 15) is 23.7 Å². The van der Waals surface area contributed by atoms with E-state index in [0.717, 1.165) is 0 Å². The number of alkyl halides is 2. The lowest BCUT2D eigenvalue weighted by atomic mass is 10.3. The van der Waals surface area contributed by atoms with Gasteiger partial charge < -0.3 is 5.11 Å². The van der Waals surface area contributed by atoms with E-state index in [-0.39, 0.29) is 10.6 Å². The lowest BCUT2D eigenvalue weighted by Gasteiger charge is -2.20. The zero-order valence-electron chi connectivity index (χ0n) is 8.42. The quantitative estimate of drug-likeness (QED) is 0.500. The van der Waals surface area contributed by atoms with Gasteiger partial charge in [-0.25, -0.2) is 4.79 Å². The first kappa shape index (κ1) is 12.8. The number of halogens is 2. The Hall–Kier alpha value is -2.25. The number of nitrogens with zero attached hydrogens (tertiary/aromatic N) is 2. The van der Waals surface area contributed by atoms with Gasteiger partial charge in [-0.1, -0.05) is 18.2 Å². The van der Waals surface area contributed by atoms with E-state index in [2.05, 4.69) is 0 Å². The summed E-state index contributed by atoms with van der Waals surface area (Å²) in [5.41, 5.74) is -0.0541. The van der Waals surface area contributed by atoms with Gasteiger partial charge in [0.1, 0.15) is 0 Å². The number of benzene rings is 1. The van der Waals surface area contributed by atoms with Crippen LogP contribution in [0.1, 0.15) is 0 Å². The summed E-state index contributed by atoms with van der Waals surface area (Å²) in [6, 6.07) is 2.66. The molecule has 8 heteroatoms. The second-order valence-electron chi connectivity index (χ2n) is 3.13. The van der Waals surface area contributed by atoms with Crippen molar-refractivity contribution in [1.29, 1.82) is 0 Å². The molecule has 1 rings (SSSR count). The molecule has 0 saturated heterocycles. The van der Waals surface area contributed by atoms with E-state index in [4.69, 9.17) is 5.11 Å². The van der Waals surface area contributed by atoms with E-state index in [1.165, 1.54) is 24.3 Å². The molecule has 0 bridgehead atoms. The Balaban J connectivity index is 2.97. The number of anilines is 1. The summed E-state index contributed by atoms with van der Waals surface area (Å²) in [6.45, 7) is -1.53. The van der Waals surface area contributed by atoms with Crippen molar-refractivity contribution in [2.24, 2.45) is 0 Å². The van der Waals surface area contributed by atoms with Crippen LogP contribution in [0.3, 0.4) is 0 Å². The summed E-state index contributed by atoms with van der Waals surface area (Å²) in [4.78, 5) is 19.2. The molecular weight excluding hydrogens is 238 g/mol. The van der Waals surface area contributed by atoms with Crippen LogP contribution in [0.4, 0.5) is 19.3 Å². The number of rotatable bonds is 4. The Morgan fingerprint density at radius 2 is 1.94 bits per heavy atom. The van der Waals surface area contributed by atoms with Crippen LogP contribution in [0.15, 0.2) is 30.3 Å². The first-order valence-electron chi connectivity index (χ1n) is 4.42.